The van der Waals surface area contributed by atoms with E-state index in [1.165, 1.54) is 12.8 Å². The molecule has 0 amide bonds. The van der Waals surface area contributed by atoms with E-state index in [9.17, 15) is 0 Å². The number of hydrogen-bond donors (Lipinski definition) is 2. The Hall–Kier alpha value is -0.510. The summed E-state index contributed by atoms with van der Waals surface area (Å²) in [5, 5.41) is 7.66. The molecule has 3 nitrogen and oxygen atoms in total. The van der Waals surface area contributed by atoms with E-state index in [0.717, 1.165) is 30.9 Å². The lowest BCUT2D eigenvalue weighted by Crippen LogP contribution is -2.31. The van der Waals surface area contributed by atoms with Crippen LogP contribution in [0.3, 0.4) is 0 Å². The summed E-state index contributed by atoms with van der Waals surface area (Å²) in [7, 11) is 0. The number of hydrogen-bond acceptors (Lipinski definition) is 3. The average molecular weight is 274 g/mol. The minimum absolute atomic E-state index is 0.444. The van der Waals surface area contributed by atoms with Crippen LogP contribution in [0.5, 0.6) is 0 Å². The Labute approximate surface area is 112 Å². The second-order valence-electron chi connectivity index (χ2n) is 4.50. The minimum Gasteiger partial charge on any atom is -0.382 e. The number of aromatic nitrogens is 1. The highest BCUT2D eigenvalue weighted by atomic mass is 35.5. The first-order valence-electron chi connectivity index (χ1n) is 5.94. The van der Waals surface area contributed by atoms with E-state index in [1.807, 2.05) is 13.0 Å². The summed E-state index contributed by atoms with van der Waals surface area (Å²) in [5.74, 6) is 0.711. The zero-order chi connectivity index (χ0) is 12.3. The van der Waals surface area contributed by atoms with E-state index in [0.29, 0.717) is 16.2 Å². The molecule has 17 heavy (non-hydrogen) atoms. The van der Waals surface area contributed by atoms with E-state index in [1.54, 1.807) is 0 Å². The van der Waals surface area contributed by atoms with Gasteiger partial charge in [-0.05, 0) is 50.4 Å². The molecular weight excluding hydrogens is 257 g/mol. The van der Waals surface area contributed by atoms with Crippen molar-refractivity contribution in [2.24, 2.45) is 5.92 Å². The molecule has 2 rings (SSSR count). The highest BCUT2D eigenvalue weighted by molar-refractivity contribution is 6.34. The summed E-state index contributed by atoms with van der Waals surface area (Å²) in [6.45, 7) is 5.16. The van der Waals surface area contributed by atoms with Gasteiger partial charge in [-0.3, -0.25) is 0 Å². The summed E-state index contributed by atoms with van der Waals surface area (Å²) < 4.78 is 0. The lowest BCUT2D eigenvalue weighted by atomic mass is 9.98. The van der Waals surface area contributed by atoms with E-state index in [-0.39, 0.29) is 0 Å². The van der Waals surface area contributed by atoms with Crippen LogP contribution in [0.15, 0.2) is 6.07 Å². The standard InChI is InChI=1S/C12H17Cl2N3/c1-8-6-10(13)17-12(14)11(8)16-7-9-2-4-15-5-3-9/h6,9,15-16H,2-5,7H2,1H3. The fourth-order valence-corrected chi connectivity index (χ4v) is 2.74. The maximum absolute atomic E-state index is 6.08. The minimum atomic E-state index is 0.444. The largest absolute Gasteiger partial charge is 0.382 e. The first-order chi connectivity index (χ1) is 8.16. The number of aryl methyl sites for hydroxylation is 1. The van der Waals surface area contributed by atoms with Crippen LogP contribution in [0.2, 0.25) is 10.3 Å². The van der Waals surface area contributed by atoms with Crippen LogP contribution in [0.1, 0.15) is 18.4 Å². The molecule has 0 aromatic carbocycles. The molecule has 0 atom stereocenters. The summed E-state index contributed by atoms with van der Waals surface area (Å²) in [4.78, 5) is 4.05. The van der Waals surface area contributed by atoms with Crippen LogP contribution in [-0.2, 0) is 0 Å². The van der Waals surface area contributed by atoms with E-state index in [4.69, 9.17) is 23.2 Å². The summed E-state index contributed by atoms with van der Waals surface area (Å²) in [6.07, 6.45) is 2.43. The van der Waals surface area contributed by atoms with Crippen molar-refractivity contribution in [3.63, 3.8) is 0 Å². The molecule has 1 aromatic rings. The smallest absolute Gasteiger partial charge is 0.154 e. The third-order valence-electron chi connectivity index (χ3n) is 3.17. The molecule has 94 valence electrons. The molecule has 0 unspecified atom stereocenters. The predicted molar refractivity (Wildman–Crippen MR) is 73.1 cm³/mol. The Morgan fingerprint density at radius 1 is 1.41 bits per heavy atom. The molecule has 0 aliphatic carbocycles. The zero-order valence-electron chi connectivity index (χ0n) is 9.89. The van der Waals surface area contributed by atoms with E-state index in [2.05, 4.69) is 15.6 Å². The van der Waals surface area contributed by atoms with Gasteiger partial charge in [0.15, 0.2) is 5.15 Å². The van der Waals surface area contributed by atoms with Crippen molar-refractivity contribution in [3.8, 4) is 0 Å². The van der Waals surface area contributed by atoms with Gasteiger partial charge in [-0.1, -0.05) is 23.2 Å². The predicted octanol–water partition coefficient (Wildman–Crippen LogP) is 3.11. The SMILES string of the molecule is Cc1cc(Cl)nc(Cl)c1NCC1CCNCC1. The van der Waals surface area contributed by atoms with Crippen LogP contribution in [0, 0.1) is 12.8 Å². The highest BCUT2D eigenvalue weighted by Crippen LogP contribution is 2.27. The van der Waals surface area contributed by atoms with Crippen molar-refractivity contribution >= 4 is 28.9 Å². The van der Waals surface area contributed by atoms with Gasteiger partial charge in [-0.15, -0.1) is 0 Å². The van der Waals surface area contributed by atoms with Crippen LogP contribution >= 0.6 is 23.2 Å². The van der Waals surface area contributed by atoms with Crippen molar-refractivity contribution in [1.29, 1.82) is 0 Å². The lowest BCUT2D eigenvalue weighted by Gasteiger charge is -2.23. The third kappa shape index (κ3) is 3.47. The van der Waals surface area contributed by atoms with Crippen molar-refractivity contribution in [3.05, 3.63) is 21.9 Å². The van der Waals surface area contributed by atoms with Gasteiger partial charge in [0.25, 0.3) is 0 Å². The van der Waals surface area contributed by atoms with E-state index < -0.39 is 0 Å². The van der Waals surface area contributed by atoms with Gasteiger partial charge in [0, 0.05) is 6.54 Å². The van der Waals surface area contributed by atoms with Crippen LogP contribution in [-0.4, -0.2) is 24.6 Å². The van der Waals surface area contributed by atoms with Crippen molar-refractivity contribution in [2.75, 3.05) is 25.0 Å². The van der Waals surface area contributed by atoms with Crippen molar-refractivity contribution < 1.29 is 0 Å². The van der Waals surface area contributed by atoms with Crippen LogP contribution in [0.4, 0.5) is 5.69 Å². The summed E-state index contributed by atoms with van der Waals surface area (Å²) in [6, 6.07) is 1.83. The number of nitrogens with one attached hydrogen (secondary N) is 2. The molecule has 1 aromatic heterocycles. The number of rotatable bonds is 3. The second kappa shape index (κ2) is 5.89. The number of anilines is 1. The van der Waals surface area contributed by atoms with Gasteiger partial charge in [-0.25, -0.2) is 4.98 Å². The molecule has 1 fully saturated rings. The monoisotopic (exact) mass is 273 g/mol. The molecular formula is C12H17Cl2N3. The summed E-state index contributed by atoms with van der Waals surface area (Å²) in [5.41, 5.74) is 1.96. The van der Waals surface area contributed by atoms with Gasteiger partial charge < -0.3 is 10.6 Å². The molecule has 0 radical (unpaired) electrons. The molecule has 1 aliphatic rings. The molecule has 0 saturated carbocycles. The van der Waals surface area contributed by atoms with Gasteiger partial charge in [0.1, 0.15) is 5.15 Å². The van der Waals surface area contributed by atoms with Gasteiger partial charge in [-0.2, -0.15) is 0 Å². The Morgan fingerprint density at radius 2 is 2.12 bits per heavy atom. The van der Waals surface area contributed by atoms with Gasteiger partial charge in [0.2, 0.25) is 0 Å². The number of piperidine rings is 1. The number of pyridine rings is 1. The molecule has 0 bridgehead atoms. The maximum Gasteiger partial charge on any atom is 0.154 e. The Morgan fingerprint density at radius 3 is 2.76 bits per heavy atom. The molecule has 1 saturated heterocycles. The van der Waals surface area contributed by atoms with E-state index >= 15 is 0 Å². The lowest BCUT2D eigenvalue weighted by molar-refractivity contribution is 0.390. The Kier molecular flexibility index (Phi) is 4.48. The first kappa shape index (κ1) is 12.9. The summed E-state index contributed by atoms with van der Waals surface area (Å²) >= 11 is 11.9. The first-order valence-corrected chi connectivity index (χ1v) is 6.69. The van der Waals surface area contributed by atoms with Crippen molar-refractivity contribution in [2.45, 2.75) is 19.8 Å². The Bertz CT molecular complexity index is 366. The zero-order valence-corrected chi connectivity index (χ0v) is 11.4. The fraction of sp³-hybridized carbons (Fsp3) is 0.583. The molecule has 2 N–H and O–H groups in total. The Balaban J connectivity index is 1.98. The number of nitrogens with zero attached hydrogens (tertiary/aromatic N) is 1. The van der Waals surface area contributed by atoms with Crippen LogP contribution < -0.4 is 10.6 Å². The quantitative estimate of drug-likeness (QED) is 0.831. The topological polar surface area (TPSA) is 37.0 Å². The maximum atomic E-state index is 6.08. The molecule has 2 heterocycles. The fourth-order valence-electron chi connectivity index (χ4n) is 2.14. The van der Waals surface area contributed by atoms with Gasteiger partial charge >= 0.3 is 0 Å². The second-order valence-corrected chi connectivity index (χ2v) is 5.25. The normalized spacial score (nSPS) is 17.1. The average Bonchev–Trinajstić information content (AvgIpc) is 2.29. The third-order valence-corrected chi connectivity index (χ3v) is 3.63. The molecule has 5 heteroatoms. The van der Waals surface area contributed by atoms with Gasteiger partial charge in [0.05, 0.1) is 5.69 Å². The van der Waals surface area contributed by atoms with Crippen LogP contribution in [0.25, 0.3) is 0 Å². The van der Waals surface area contributed by atoms with Crippen molar-refractivity contribution in [1.82, 2.24) is 10.3 Å². The number of halogens is 2. The highest BCUT2D eigenvalue weighted by Gasteiger charge is 2.14. The molecule has 1 aliphatic heterocycles. The molecule has 0 spiro atoms.